The summed E-state index contributed by atoms with van der Waals surface area (Å²) in [5.74, 6) is 1.78. The summed E-state index contributed by atoms with van der Waals surface area (Å²) in [5, 5.41) is 15.0. The van der Waals surface area contributed by atoms with Gasteiger partial charge < -0.3 is 9.67 Å². The third-order valence-electron chi connectivity index (χ3n) is 7.37. The van der Waals surface area contributed by atoms with E-state index in [9.17, 15) is 5.11 Å². The molecule has 194 valence electrons. The van der Waals surface area contributed by atoms with Gasteiger partial charge in [-0.05, 0) is 53.9 Å². The number of hydrogen-bond acceptors (Lipinski definition) is 3. The number of fused-ring (bicyclic) bond motifs is 6. The van der Waals surface area contributed by atoms with Crippen molar-refractivity contribution in [1.29, 1.82) is 0 Å². The molecule has 0 saturated carbocycles. The first-order chi connectivity index (χ1) is 19.3. The average Bonchev–Trinajstić information content (AvgIpc) is 3.50. The number of phenolic OH excluding ortho intramolecular Hbond substituents is 1. The second-order valence-electron chi connectivity index (χ2n) is 9.58. The largest absolute Gasteiger partial charge is 0.507 e. The van der Waals surface area contributed by atoms with Gasteiger partial charge in [-0.1, -0.05) is 60.1 Å². The van der Waals surface area contributed by atoms with E-state index >= 15 is 0 Å². The molecule has 0 atom stereocenters. The van der Waals surface area contributed by atoms with Crippen molar-refractivity contribution in [2.75, 3.05) is 0 Å². The molecule has 8 aromatic rings. The molecule has 4 aromatic heterocycles. The first kappa shape index (κ1) is 24.3. The second-order valence-corrected chi connectivity index (χ2v) is 9.58. The monoisotopic (exact) mass is 696 g/mol. The van der Waals surface area contributed by atoms with E-state index in [1.807, 2.05) is 66.7 Å². The number of hydrogen-bond donors (Lipinski definition) is 1. The topological polar surface area (TPSA) is 55.9 Å². The van der Waals surface area contributed by atoms with Crippen LogP contribution in [0.2, 0.25) is 0 Å². The Balaban J connectivity index is 0.00000264. The summed E-state index contributed by atoms with van der Waals surface area (Å²) >= 11 is 0. The van der Waals surface area contributed by atoms with Crippen molar-refractivity contribution in [3.8, 4) is 28.6 Å². The Bertz CT molecular complexity index is 2160. The van der Waals surface area contributed by atoms with E-state index in [1.54, 1.807) is 6.07 Å². The van der Waals surface area contributed by atoms with E-state index < -0.39 is 0 Å². The summed E-state index contributed by atoms with van der Waals surface area (Å²) in [6, 6.07) is 43.6. The number of nitrogens with zero attached hydrogens (tertiary/aromatic N) is 4. The normalized spacial score (nSPS) is 11.4. The van der Waals surface area contributed by atoms with Gasteiger partial charge >= 0.3 is 0 Å². The van der Waals surface area contributed by atoms with Gasteiger partial charge in [0.2, 0.25) is 0 Å². The molecule has 0 fully saturated rings. The molecule has 0 radical (unpaired) electrons. The summed E-state index contributed by atoms with van der Waals surface area (Å²) in [5.41, 5.74) is 5.28. The minimum absolute atomic E-state index is 0. The fourth-order valence-electron chi connectivity index (χ4n) is 5.66. The third kappa shape index (κ3) is 3.59. The Kier molecular flexibility index (Phi) is 5.76. The summed E-state index contributed by atoms with van der Waals surface area (Å²) < 4.78 is 4.28. The number of rotatable bonds is 3. The Morgan fingerprint density at radius 1 is 0.550 bits per heavy atom. The standard InChI is InChI=1S/C34H21N4O.Pt/c39-31-17-8-4-13-26(31)27-21-20-25-24-12-3-7-16-30(24)38(34(25)35-27)33-19-9-18-32(36-33)37-28-14-5-1-10-22(28)23-11-2-6-15-29(23)37;/h1-14,16-21,39H;/q-1;. The smallest absolute Gasteiger partial charge is 0.147 e. The average molecular weight is 697 g/mol. The number of pyridine rings is 2. The van der Waals surface area contributed by atoms with Gasteiger partial charge in [-0.3, -0.25) is 4.57 Å². The first-order valence-corrected chi connectivity index (χ1v) is 12.8. The van der Waals surface area contributed by atoms with Crippen LogP contribution in [-0.2, 0) is 21.1 Å². The quantitative estimate of drug-likeness (QED) is 0.192. The molecule has 40 heavy (non-hydrogen) atoms. The summed E-state index contributed by atoms with van der Waals surface area (Å²) in [6.45, 7) is 0. The van der Waals surface area contributed by atoms with Crippen LogP contribution in [0.1, 0.15) is 0 Å². The van der Waals surface area contributed by atoms with Gasteiger partial charge in [-0.15, -0.1) is 5.39 Å². The molecular formula is C34H21N4OPt-. The van der Waals surface area contributed by atoms with Crippen LogP contribution in [0.5, 0.6) is 5.75 Å². The van der Waals surface area contributed by atoms with Crippen LogP contribution in [0.15, 0.2) is 121 Å². The molecule has 0 unspecified atom stereocenters. The third-order valence-corrected chi connectivity index (χ3v) is 7.37. The van der Waals surface area contributed by atoms with Crippen molar-refractivity contribution < 1.29 is 26.2 Å². The van der Waals surface area contributed by atoms with E-state index in [0.717, 1.165) is 50.0 Å². The van der Waals surface area contributed by atoms with E-state index in [-0.39, 0.29) is 26.8 Å². The molecule has 0 aliphatic carbocycles. The van der Waals surface area contributed by atoms with Crippen LogP contribution in [-0.4, -0.2) is 24.2 Å². The molecule has 6 heteroatoms. The maximum atomic E-state index is 10.5. The van der Waals surface area contributed by atoms with Crippen molar-refractivity contribution in [2.24, 2.45) is 0 Å². The van der Waals surface area contributed by atoms with Gasteiger partial charge in [0.15, 0.2) is 0 Å². The number of benzene rings is 4. The van der Waals surface area contributed by atoms with Crippen LogP contribution in [0, 0.1) is 6.07 Å². The zero-order chi connectivity index (χ0) is 25.9. The summed E-state index contributed by atoms with van der Waals surface area (Å²) in [4.78, 5) is 10.3. The molecular weight excluding hydrogens is 675 g/mol. The molecule has 0 saturated heterocycles. The summed E-state index contributed by atoms with van der Waals surface area (Å²) in [6.07, 6.45) is 0. The SMILES string of the molecule is Oc1ccccc1-c1ccc2c3ccccc3n(-c3cccc(-n4c5[c-]cccc5c5ccccc54)n3)c2n1.[Pt]. The minimum atomic E-state index is 0. The molecule has 4 heterocycles. The van der Waals surface area contributed by atoms with Crippen molar-refractivity contribution in [1.82, 2.24) is 19.1 Å². The van der Waals surface area contributed by atoms with Crippen LogP contribution in [0.4, 0.5) is 0 Å². The van der Waals surface area contributed by atoms with E-state index in [0.29, 0.717) is 11.3 Å². The Morgan fingerprint density at radius 3 is 2.00 bits per heavy atom. The van der Waals surface area contributed by atoms with Crippen molar-refractivity contribution in [2.45, 2.75) is 0 Å². The van der Waals surface area contributed by atoms with Crippen molar-refractivity contribution >= 4 is 43.7 Å². The molecule has 8 rings (SSSR count). The maximum absolute atomic E-state index is 10.5. The molecule has 0 amide bonds. The van der Waals surface area contributed by atoms with Gasteiger partial charge in [-0.2, -0.15) is 24.3 Å². The van der Waals surface area contributed by atoms with Crippen LogP contribution < -0.4 is 0 Å². The second kappa shape index (κ2) is 9.48. The number of aromatic hydroxyl groups is 1. The van der Waals surface area contributed by atoms with Crippen molar-refractivity contribution in [3.63, 3.8) is 0 Å². The predicted molar refractivity (Wildman–Crippen MR) is 157 cm³/mol. The van der Waals surface area contributed by atoms with Crippen LogP contribution in [0.25, 0.3) is 66.6 Å². The van der Waals surface area contributed by atoms with Crippen LogP contribution >= 0.6 is 0 Å². The van der Waals surface area contributed by atoms with Gasteiger partial charge in [0.1, 0.15) is 23.0 Å². The van der Waals surface area contributed by atoms with E-state index in [1.165, 1.54) is 5.39 Å². The Hall–Kier alpha value is -4.73. The number of para-hydroxylation sites is 4. The minimum Gasteiger partial charge on any atom is -0.507 e. The van der Waals surface area contributed by atoms with E-state index in [2.05, 4.69) is 63.7 Å². The van der Waals surface area contributed by atoms with Gasteiger partial charge in [0.25, 0.3) is 0 Å². The Morgan fingerprint density at radius 2 is 1.20 bits per heavy atom. The Labute approximate surface area is 244 Å². The molecule has 5 nitrogen and oxygen atoms in total. The fourth-order valence-corrected chi connectivity index (χ4v) is 5.66. The molecule has 1 N–H and O–H groups in total. The van der Waals surface area contributed by atoms with Crippen LogP contribution in [0.3, 0.4) is 0 Å². The first-order valence-electron chi connectivity index (χ1n) is 12.8. The van der Waals surface area contributed by atoms with Gasteiger partial charge in [0.05, 0.1) is 11.2 Å². The molecule has 4 aromatic carbocycles. The van der Waals surface area contributed by atoms with Gasteiger partial charge in [-0.25, -0.2) is 9.97 Å². The maximum Gasteiger partial charge on any atom is 0.147 e. The number of aromatic nitrogens is 4. The molecule has 0 spiro atoms. The zero-order valence-corrected chi connectivity index (χ0v) is 23.4. The predicted octanol–water partition coefficient (Wildman–Crippen LogP) is 7.84. The molecule has 0 aliphatic rings. The molecule has 0 bridgehead atoms. The fraction of sp³-hybridized carbons (Fsp3) is 0. The zero-order valence-electron chi connectivity index (χ0n) is 21.1. The summed E-state index contributed by atoms with van der Waals surface area (Å²) in [7, 11) is 0. The number of phenols is 1. The molecule has 0 aliphatic heterocycles. The van der Waals surface area contributed by atoms with E-state index in [4.69, 9.17) is 9.97 Å². The van der Waals surface area contributed by atoms with Gasteiger partial charge in [0, 0.05) is 42.9 Å². The van der Waals surface area contributed by atoms with Crippen molar-refractivity contribution in [3.05, 3.63) is 127 Å².